The number of nitrogens with zero attached hydrogens (tertiary/aromatic N) is 4. The summed E-state index contributed by atoms with van der Waals surface area (Å²) in [6.45, 7) is 6.09. The molecule has 2 aromatic rings. The molecule has 0 aromatic carbocycles. The van der Waals surface area contributed by atoms with Crippen LogP contribution in [0.5, 0.6) is 0 Å². The van der Waals surface area contributed by atoms with Gasteiger partial charge in [-0.1, -0.05) is 5.21 Å². The normalized spacial score (nSPS) is 11.8. The van der Waals surface area contributed by atoms with Crippen LogP contribution in [0.4, 0.5) is 4.39 Å². The van der Waals surface area contributed by atoms with Gasteiger partial charge < -0.3 is 0 Å². The summed E-state index contributed by atoms with van der Waals surface area (Å²) in [5.74, 6) is -0.355. The molecule has 84 valence electrons. The second-order valence-electron chi connectivity index (χ2n) is 4.58. The molecular formula is C11H13FN4. The number of rotatable bonds is 1. The van der Waals surface area contributed by atoms with E-state index in [1.165, 1.54) is 12.3 Å². The van der Waals surface area contributed by atoms with E-state index in [9.17, 15) is 4.39 Å². The SMILES string of the molecule is CC(C)(C)n1cc(-c2ccc(F)cn2)nn1. The van der Waals surface area contributed by atoms with E-state index in [0.717, 1.165) is 0 Å². The summed E-state index contributed by atoms with van der Waals surface area (Å²) in [5, 5.41) is 8.03. The molecule has 0 unspecified atom stereocenters. The maximum absolute atomic E-state index is 12.7. The van der Waals surface area contributed by atoms with Crippen LogP contribution in [-0.2, 0) is 5.54 Å². The zero-order chi connectivity index (χ0) is 11.8. The Morgan fingerprint density at radius 2 is 1.94 bits per heavy atom. The van der Waals surface area contributed by atoms with Crippen molar-refractivity contribution in [2.24, 2.45) is 0 Å². The van der Waals surface area contributed by atoms with E-state index in [-0.39, 0.29) is 11.4 Å². The van der Waals surface area contributed by atoms with Crippen LogP contribution in [0.1, 0.15) is 20.8 Å². The Morgan fingerprint density at radius 3 is 2.44 bits per heavy atom. The number of hydrogen-bond acceptors (Lipinski definition) is 3. The van der Waals surface area contributed by atoms with Crippen molar-refractivity contribution in [3.63, 3.8) is 0 Å². The fourth-order valence-corrected chi connectivity index (χ4v) is 1.24. The maximum atomic E-state index is 12.7. The summed E-state index contributed by atoms with van der Waals surface area (Å²) in [5.41, 5.74) is 1.15. The number of aromatic nitrogens is 4. The highest BCUT2D eigenvalue weighted by Gasteiger charge is 2.15. The molecule has 0 saturated carbocycles. The smallest absolute Gasteiger partial charge is 0.141 e. The fraction of sp³-hybridized carbons (Fsp3) is 0.364. The van der Waals surface area contributed by atoms with Gasteiger partial charge in [0.1, 0.15) is 11.5 Å². The lowest BCUT2D eigenvalue weighted by molar-refractivity contribution is 0.347. The van der Waals surface area contributed by atoms with E-state index in [0.29, 0.717) is 11.4 Å². The zero-order valence-corrected chi connectivity index (χ0v) is 9.48. The van der Waals surface area contributed by atoms with Crippen LogP contribution in [0.15, 0.2) is 24.5 Å². The summed E-state index contributed by atoms with van der Waals surface area (Å²) < 4.78 is 14.5. The van der Waals surface area contributed by atoms with Crippen LogP contribution < -0.4 is 0 Å². The molecule has 2 rings (SSSR count). The lowest BCUT2D eigenvalue weighted by Crippen LogP contribution is -2.22. The van der Waals surface area contributed by atoms with Crippen LogP contribution >= 0.6 is 0 Å². The van der Waals surface area contributed by atoms with Crippen LogP contribution in [0, 0.1) is 5.82 Å². The van der Waals surface area contributed by atoms with Crippen molar-refractivity contribution in [3.8, 4) is 11.4 Å². The van der Waals surface area contributed by atoms with Gasteiger partial charge in [0.2, 0.25) is 0 Å². The predicted molar refractivity (Wildman–Crippen MR) is 58.2 cm³/mol. The van der Waals surface area contributed by atoms with Crippen LogP contribution in [0.3, 0.4) is 0 Å². The monoisotopic (exact) mass is 220 g/mol. The maximum Gasteiger partial charge on any atom is 0.141 e. The molecule has 0 bridgehead atoms. The van der Waals surface area contributed by atoms with Gasteiger partial charge in [-0.25, -0.2) is 9.07 Å². The van der Waals surface area contributed by atoms with Gasteiger partial charge >= 0.3 is 0 Å². The zero-order valence-electron chi connectivity index (χ0n) is 9.48. The van der Waals surface area contributed by atoms with Crippen LogP contribution in [0.2, 0.25) is 0 Å². The summed E-state index contributed by atoms with van der Waals surface area (Å²) in [6, 6.07) is 2.95. The van der Waals surface area contributed by atoms with E-state index in [4.69, 9.17) is 0 Å². The fourth-order valence-electron chi connectivity index (χ4n) is 1.24. The first-order valence-corrected chi connectivity index (χ1v) is 5.01. The van der Waals surface area contributed by atoms with Gasteiger partial charge in [0, 0.05) is 0 Å². The van der Waals surface area contributed by atoms with E-state index >= 15 is 0 Å². The molecule has 0 N–H and O–H groups in total. The van der Waals surface area contributed by atoms with Gasteiger partial charge in [-0.15, -0.1) is 5.10 Å². The molecule has 4 nitrogen and oxygen atoms in total. The lowest BCUT2D eigenvalue weighted by Gasteiger charge is -2.17. The molecule has 0 spiro atoms. The van der Waals surface area contributed by atoms with Gasteiger partial charge in [0.05, 0.1) is 23.6 Å². The second-order valence-corrected chi connectivity index (χ2v) is 4.58. The molecule has 5 heteroatoms. The molecule has 0 aliphatic rings. The van der Waals surface area contributed by atoms with E-state index in [1.54, 1.807) is 16.9 Å². The van der Waals surface area contributed by atoms with Crippen molar-refractivity contribution in [2.45, 2.75) is 26.3 Å². The molecule has 0 saturated heterocycles. The summed E-state index contributed by atoms with van der Waals surface area (Å²) in [6.07, 6.45) is 2.98. The number of halogens is 1. The van der Waals surface area contributed by atoms with E-state index < -0.39 is 0 Å². The Morgan fingerprint density at radius 1 is 1.19 bits per heavy atom. The highest BCUT2D eigenvalue weighted by atomic mass is 19.1. The minimum Gasteiger partial charge on any atom is -0.251 e. The molecule has 0 aliphatic heterocycles. The van der Waals surface area contributed by atoms with E-state index in [2.05, 4.69) is 15.3 Å². The molecule has 0 fully saturated rings. The van der Waals surface area contributed by atoms with Crippen LogP contribution in [0.25, 0.3) is 11.4 Å². The van der Waals surface area contributed by atoms with Crippen molar-refractivity contribution in [2.75, 3.05) is 0 Å². The Kier molecular flexibility index (Phi) is 2.46. The predicted octanol–water partition coefficient (Wildman–Crippen LogP) is 2.23. The highest BCUT2D eigenvalue weighted by molar-refractivity contribution is 5.51. The molecular weight excluding hydrogens is 207 g/mol. The largest absolute Gasteiger partial charge is 0.251 e. The van der Waals surface area contributed by atoms with Gasteiger partial charge in [-0.3, -0.25) is 4.98 Å². The Hall–Kier alpha value is -1.78. The van der Waals surface area contributed by atoms with Crippen molar-refractivity contribution in [1.82, 2.24) is 20.0 Å². The highest BCUT2D eigenvalue weighted by Crippen LogP contribution is 2.17. The standard InChI is InChI=1S/C11H13FN4/c1-11(2,3)16-7-10(14-15-16)9-5-4-8(12)6-13-9/h4-7H,1-3H3. The average molecular weight is 220 g/mol. The molecule has 0 radical (unpaired) electrons. The summed E-state index contributed by atoms with van der Waals surface area (Å²) >= 11 is 0. The first-order valence-electron chi connectivity index (χ1n) is 5.01. The minimum absolute atomic E-state index is 0.120. The molecule has 2 aromatic heterocycles. The van der Waals surface area contributed by atoms with Gasteiger partial charge in [-0.2, -0.15) is 0 Å². The Bertz CT molecular complexity index is 481. The third kappa shape index (κ3) is 2.08. The first kappa shape index (κ1) is 10.7. The Labute approximate surface area is 93.1 Å². The number of pyridine rings is 1. The minimum atomic E-state index is -0.355. The lowest BCUT2D eigenvalue weighted by atomic mass is 10.1. The topological polar surface area (TPSA) is 43.6 Å². The summed E-state index contributed by atoms with van der Waals surface area (Å²) in [4.78, 5) is 3.95. The van der Waals surface area contributed by atoms with E-state index in [1.807, 2.05) is 20.8 Å². The van der Waals surface area contributed by atoms with Gasteiger partial charge in [-0.05, 0) is 32.9 Å². The molecule has 16 heavy (non-hydrogen) atoms. The van der Waals surface area contributed by atoms with Crippen LogP contribution in [-0.4, -0.2) is 20.0 Å². The quantitative estimate of drug-likeness (QED) is 0.740. The Balaban J connectivity index is 2.35. The second kappa shape index (κ2) is 3.66. The molecule has 0 amide bonds. The molecule has 0 atom stereocenters. The van der Waals surface area contributed by atoms with Crippen molar-refractivity contribution in [3.05, 3.63) is 30.3 Å². The van der Waals surface area contributed by atoms with Gasteiger partial charge in [0.15, 0.2) is 0 Å². The van der Waals surface area contributed by atoms with Crippen molar-refractivity contribution in [1.29, 1.82) is 0 Å². The third-order valence-corrected chi connectivity index (χ3v) is 2.17. The molecule has 0 aliphatic carbocycles. The first-order chi connectivity index (χ1) is 7.47. The van der Waals surface area contributed by atoms with Gasteiger partial charge in [0.25, 0.3) is 0 Å². The average Bonchev–Trinajstić information content (AvgIpc) is 2.67. The molecule has 2 heterocycles. The summed E-state index contributed by atoms with van der Waals surface area (Å²) in [7, 11) is 0. The van der Waals surface area contributed by atoms with Crippen molar-refractivity contribution >= 4 is 0 Å². The third-order valence-electron chi connectivity index (χ3n) is 2.17. The van der Waals surface area contributed by atoms with Crippen molar-refractivity contribution < 1.29 is 4.39 Å². The number of hydrogen-bond donors (Lipinski definition) is 0.